The molecule has 1 unspecified atom stereocenters. The SMILES string of the molecule is Cc1ccc(C(CN)Cc2cscn2)cc1. The fourth-order valence-electron chi connectivity index (χ4n) is 1.77. The maximum Gasteiger partial charge on any atom is 0.0794 e. The van der Waals surface area contributed by atoms with Gasteiger partial charge in [-0.25, -0.2) is 4.98 Å². The Bertz CT molecular complexity index is 420. The first-order valence-electron chi connectivity index (χ1n) is 5.43. The third-order valence-electron chi connectivity index (χ3n) is 2.77. The summed E-state index contributed by atoms with van der Waals surface area (Å²) < 4.78 is 0. The van der Waals surface area contributed by atoms with Crippen molar-refractivity contribution in [2.75, 3.05) is 6.54 Å². The van der Waals surface area contributed by atoms with Crippen LogP contribution in [0.5, 0.6) is 0 Å². The van der Waals surface area contributed by atoms with Crippen molar-refractivity contribution in [1.29, 1.82) is 0 Å². The zero-order valence-electron chi connectivity index (χ0n) is 9.39. The van der Waals surface area contributed by atoms with Gasteiger partial charge in [-0.3, -0.25) is 0 Å². The second-order valence-electron chi connectivity index (χ2n) is 4.03. The summed E-state index contributed by atoms with van der Waals surface area (Å²) in [5, 5.41) is 2.09. The Morgan fingerprint density at radius 2 is 2.06 bits per heavy atom. The topological polar surface area (TPSA) is 38.9 Å². The molecule has 0 saturated carbocycles. The van der Waals surface area contributed by atoms with Gasteiger partial charge in [0, 0.05) is 11.3 Å². The quantitative estimate of drug-likeness (QED) is 0.880. The number of rotatable bonds is 4. The van der Waals surface area contributed by atoms with E-state index in [0.717, 1.165) is 12.1 Å². The third kappa shape index (κ3) is 2.68. The van der Waals surface area contributed by atoms with Crippen LogP contribution in [0.25, 0.3) is 0 Å². The Morgan fingerprint density at radius 1 is 1.31 bits per heavy atom. The lowest BCUT2D eigenvalue weighted by Crippen LogP contribution is -2.15. The molecule has 0 amide bonds. The molecule has 2 rings (SSSR count). The molecule has 84 valence electrons. The highest BCUT2D eigenvalue weighted by Gasteiger charge is 2.11. The van der Waals surface area contributed by atoms with E-state index in [4.69, 9.17) is 5.73 Å². The molecule has 0 bridgehead atoms. The molecule has 2 nitrogen and oxygen atoms in total. The highest BCUT2D eigenvalue weighted by Crippen LogP contribution is 2.20. The summed E-state index contributed by atoms with van der Waals surface area (Å²) in [6.45, 7) is 2.77. The summed E-state index contributed by atoms with van der Waals surface area (Å²) in [4.78, 5) is 4.31. The zero-order chi connectivity index (χ0) is 11.4. The largest absolute Gasteiger partial charge is 0.330 e. The summed E-state index contributed by atoms with van der Waals surface area (Å²) in [7, 11) is 0. The van der Waals surface area contributed by atoms with E-state index in [9.17, 15) is 0 Å². The summed E-state index contributed by atoms with van der Waals surface area (Å²) in [6, 6.07) is 8.61. The second-order valence-corrected chi connectivity index (χ2v) is 4.75. The lowest BCUT2D eigenvalue weighted by atomic mass is 9.94. The zero-order valence-corrected chi connectivity index (χ0v) is 10.2. The number of benzene rings is 1. The Hall–Kier alpha value is -1.19. The molecule has 0 fully saturated rings. The Kier molecular flexibility index (Phi) is 3.70. The number of hydrogen-bond donors (Lipinski definition) is 1. The van der Waals surface area contributed by atoms with Gasteiger partial charge < -0.3 is 5.73 Å². The van der Waals surface area contributed by atoms with Crippen LogP contribution in [0, 0.1) is 6.92 Å². The molecular weight excluding hydrogens is 216 g/mol. The molecule has 0 aliphatic carbocycles. The molecule has 2 aromatic rings. The number of thiazole rings is 1. The highest BCUT2D eigenvalue weighted by molar-refractivity contribution is 7.07. The number of aromatic nitrogens is 1. The van der Waals surface area contributed by atoms with Crippen molar-refractivity contribution in [3.05, 3.63) is 52.0 Å². The van der Waals surface area contributed by atoms with Crippen LogP contribution in [0.1, 0.15) is 22.7 Å². The van der Waals surface area contributed by atoms with Gasteiger partial charge in [0.25, 0.3) is 0 Å². The molecule has 1 atom stereocenters. The number of hydrogen-bond acceptors (Lipinski definition) is 3. The minimum absolute atomic E-state index is 0.377. The van der Waals surface area contributed by atoms with Gasteiger partial charge in [0.1, 0.15) is 0 Å². The van der Waals surface area contributed by atoms with Crippen molar-refractivity contribution in [1.82, 2.24) is 4.98 Å². The summed E-state index contributed by atoms with van der Waals surface area (Å²) in [6.07, 6.45) is 0.934. The van der Waals surface area contributed by atoms with Crippen LogP contribution in [0.2, 0.25) is 0 Å². The lowest BCUT2D eigenvalue weighted by molar-refractivity contribution is 0.684. The molecule has 16 heavy (non-hydrogen) atoms. The van der Waals surface area contributed by atoms with Crippen LogP contribution >= 0.6 is 11.3 Å². The first-order valence-corrected chi connectivity index (χ1v) is 6.37. The lowest BCUT2D eigenvalue weighted by Gasteiger charge is -2.14. The fourth-order valence-corrected chi connectivity index (χ4v) is 2.34. The van der Waals surface area contributed by atoms with E-state index in [0.29, 0.717) is 12.5 Å². The van der Waals surface area contributed by atoms with Crippen molar-refractivity contribution in [2.45, 2.75) is 19.3 Å². The van der Waals surface area contributed by atoms with Crippen LogP contribution < -0.4 is 5.73 Å². The molecule has 0 radical (unpaired) electrons. The summed E-state index contributed by atoms with van der Waals surface area (Å²) in [5.74, 6) is 0.377. The maximum atomic E-state index is 5.84. The van der Waals surface area contributed by atoms with Gasteiger partial charge in [0.15, 0.2) is 0 Å². The Labute approximate surface area is 100 Å². The van der Waals surface area contributed by atoms with Crippen LogP contribution in [-0.4, -0.2) is 11.5 Å². The molecule has 1 aromatic carbocycles. The molecule has 3 heteroatoms. The average Bonchev–Trinajstić information content (AvgIpc) is 2.80. The van der Waals surface area contributed by atoms with Crippen LogP contribution in [0.15, 0.2) is 35.2 Å². The van der Waals surface area contributed by atoms with Gasteiger partial charge in [-0.1, -0.05) is 29.8 Å². The first kappa shape index (κ1) is 11.3. The van der Waals surface area contributed by atoms with Crippen LogP contribution in [-0.2, 0) is 6.42 Å². The molecular formula is C13H16N2S. The summed E-state index contributed by atoms with van der Waals surface area (Å²) in [5.41, 5.74) is 11.4. The Balaban J connectivity index is 2.13. The number of aryl methyl sites for hydroxylation is 1. The van der Waals surface area contributed by atoms with Gasteiger partial charge in [-0.15, -0.1) is 11.3 Å². The standard InChI is InChI=1S/C13H16N2S/c1-10-2-4-11(5-3-10)12(7-14)6-13-8-16-9-15-13/h2-5,8-9,12H,6-7,14H2,1H3. The predicted molar refractivity (Wildman–Crippen MR) is 68.8 cm³/mol. The molecule has 0 aliphatic rings. The van der Waals surface area contributed by atoms with Gasteiger partial charge in [-0.2, -0.15) is 0 Å². The molecule has 0 saturated heterocycles. The molecule has 2 N–H and O–H groups in total. The van der Waals surface area contributed by atoms with Crippen molar-refractivity contribution in [3.63, 3.8) is 0 Å². The third-order valence-corrected chi connectivity index (χ3v) is 3.41. The number of nitrogens with zero attached hydrogens (tertiary/aromatic N) is 1. The average molecular weight is 232 g/mol. The number of nitrogens with two attached hydrogens (primary N) is 1. The minimum atomic E-state index is 0.377. The van der Waals surface area contributed by atoms with Crippen LogP contribution in [0.3, 0.4) is 0 Å². The molecule has 0 aliphatic heterocycles. The van der Waals surface area contributed by atoms with Gasteiger partial charge >= 0.3 is 0 Å². The van der Waals surface area contributed by atoms with Crippen molar-refractivity contribution in [3.8, 4) is 0 Å². The van der Waals surface area contributed by atoms with Gasteiger partial charge in [0.05, 0.1) is 11.2 Å². The first-order chi connectivity index (χ1) is 7.79. The van der Waals surface area contributed by atoms with Crippen molar-refractivity contribution in [2.24, 2.45) is 5.73 Å². The van der Waals surface area contributed by atoms with E-state index in [-0.39, 0.29) is 0 Å². The molecule has 0 spiro atoms. The monoisotopic (exact) mass is 232 g/mol. The van der Waals surface area contributed by atoms with E-state index in [1.807, 2.05) is 5.51 Å². The van der Waals surface area contributed by atoms with Crippen LogP contribution in [0.4, 0.5) is 0 Å². The van der Waals surface area contributed by atoms with E-state index in [1.54, 1.807) is 11.3 Å². The Morgan fingerprint density at radius 3 is 2.62 bits per heavy atom. The van der Waals surface area contributed by atoms with E-state index >= 15 is 0 Å². The van der Waals surface area contributed by atoms with Gasteiger partial charge in [-0.05, 0) is 25.5 Å². The second kappa shape index (κ2) is 5.23. The molecule has 1 aromatic heterocycles. The van der Waals surface area contributed by atoms with Gasteiger partial charge in [0.2, 0.25) is 0 Å². The van der Waals surface area contributed by atoms with E-state index in [2.05, 4.69) is 41.6 Å². The highest BCUT2D eigenvalue weighted by atomic mass is 32.1. The van der Waals surface area contributed by atoms with Crippen molar-refractivity contribution < 1.29 is 0 Å². The smallest absolute Gasteiger partial charge is 0.0794 e. The van der Waals surface area contributed by atoms with Crippen molar-refractivity contribution >= 4 is 11.3 Å². The van der Waals surface area contributed by atoms with E-state index in [1.165, 1.54) is 11.1 Å². The summed E-state index contributed by atoms with van der Waals surface area (Å²) >= 11 is 1.64. The van der Waals surface area contributed by atoms with E-state index < -0.39 is 0 Å². The predicted octanol–water partition coefficient (Wildman–Crippen LogP) is 2.74. The fraction of sp³-hybridized carbons (Fsp3) is 0.308. The minimum Gasteiger partial charge on any atom is -0.330 e. The maximum absolute atomic E-state index is 5.84. The molecule has 1 heterocycles. The normalized spacial score (nSPS) is 12.6.